The van der Waals surface area contributed by atoms with Crippen LogP contribution in [0.3, 0.4) is 0 Å². The van der Waals surface area contributed by atoms with E-state index in [1.165, 1.54) is 16.5 Å². The molecule has 1 aliphatic heterocycles. The van der Waals surface area contributed by atoms with Gasteiger partial charge < -0.3 is 14.6 Å². The molecule has 1 fully saturated rings. The highest BCUT2D eigenvalue weighted by molar-refractivity contribution is 5.69. The maximum absolute atomic E-state index is 12.2. The Bertz CT molecular complexity index is 808. The lowest BCUT2D eigenvalue weighted by atomic mass is 10.2. The number of aromatic amines is 1. The topological polar surface area (TPSA) is 86.4 Å². The Morgan fingerprint density at radius 1 is 1.23 bits per heavy atom. The molecule has 8 nitrogen and oxygen atoms in total. The predicted octanol–water partition coefficient (Wildman–Crippen LogP) is -1.85. The molecule has 2 aromatic rings. The van der Waals surface area contributed by atoms with Crippen molar-refractivity contribution in [2.75, 3.05) is 13.1 Å². The van der Waals surface area contributed by atoms with Crippen LogP contribution in [0.15, 0.2) is 9.59 Å². The van der Waals surface area contributed by atoms with Gasteiger partial charge in [0.25, 0.3) is 5.56 Å². The highest BCUT2D eigenvalue weighted by atomic mass is 16.5. The molecule has 2 N–H and O–H groups in total. The van der Waals surface area contributed by atoms with Crippen LogP contribution >= 0.6 is 0 Å². The molecule has 2 aromatic heterocycles. The van der Waals surface area contributed by atoms with E-state index in [0.29, 0.717) is 17.7 Å². The van der Waals surface area contributed by atoms with E-state index in [2.05, 4.69) is 23.8 Å². The van der Waals surface area contributed by atoms with Gasteiger partial charge in [-0.1, -0.05) is 0 Å². The van der Waals surface area contributed by atoms with Crippen molar-refractivity contribution in [1.29, 1.82) is 0 Å². The third-order valence-electron chi connectivity index (χ3n) is 4.18. The number of nitrogens with zero attached hydrogens (tertiary/aromatic N) is 3. The van der Waals surface area contributed by atoms with Gasteiger partial charge in [0, 0.05) is 14.1 Å². The molecule has 0 unspecified atom stereocenters. The van der Waals surface area contributed by atoms with Gasteiger partial charge in [0.2, 0.25) is 0 Å². The van der Waals surface area contributed by atoms with E-state index in [0.717, 1.165) is 23.5 Å². The molecule has 8 heteroatoms. The van der Waals surface area contributed by atoms with Crippen molar-refractivity contribution < 1.29 is 9.64 Å². The Balaban J connectivity index is 1.96. The van der Waals surface area contributed by atoms with E-state index >= 15 is 0 Å². The Hall–Kier alpha value is -1.93. The molecule has 0 amide bonds. The minimum Gasteiger partial charge on any atom is -0.364 e. The minimum absolute atomic E-state index is 0.209. The number of ether oxygens (including phenoxy) is 1. The molecule has 0 bridgehead atoms. The first-order valence-corrected chi connectivity index (χ1v) is 7.50. The van der Waals surface area contributed by atoms with Crippen molar-refractivity contribution in [3.05, 3.63) is 26.7 Å². The Morgan fingerprint density at radius 3 is 2.50 bits per heavy atom. The molecule has 0 aromatic carbocycles. The second-order valence-corrected chi connectivity index (χ2v) is 6.18. The zero-order valence-corrected chi connectivity index (χ0v) is 13.3. The molecule has 0 aliphatic carbocycles. The van der Waals surface area contributed by atoms with Crippen LogP contribution < -0.4 is 16.1 Å². The number of morpholine rings is 1. The zero-order chi connectivity index (χ0) is 16.0. The summed E-state index contributed by atoms with van der Waals surface area (Å²) in [5.74, 6) is 0.726. The number of rotatable bonds is 2. The summed E-state index contributed by atoms with van der Waals surface area (Å²) in [5.41, 5.74) is 0.0947. The highest BCUT2D eigenvalue weighted by Gasteiger charge is 2.26. The number of imidazole rings is 1. The second-order valence-electron chi connectivity index (χ2n) is 6.18. The molecule has 0 spiro atoms. The van der Waals surface area contributed by atoms with Crippen LogP contribution in [0, 0.1) is 0 Å². The van der Waals surface area contributed by atoms with Crippen LogP contribution in [0.25, 0.3) is 11.2 Å². The largest absolute Gasteiger partial charge is 0.364 e. The van der Waals surface area contributed by atoms with Crippen molar-refractivity contribution in [2.24, 2.45) is 14.1 Å². The molecule has 0 saturated carbocycles. The summed E-state index contributed by atoms with van der Waals surface area (Å²) in [6, 6.07) is 0. The summed E-state index contributed by atoms with van der Waals surface area (Å²) in [6.07, 6.45) is 0.417. The van der Waals surface area contributed by atoms with E-state index < -0.39 is 0 Å². The van der Waals surface area contributed by atoms with E-state index in [-0.39, 0.29) is 23.5 Å². The number of fused-ring (bicyclic) bond motifs is 1. The summed E-state index contributed by atoms with van der Waals surface area (Å²) in [7, 11) is 3.10. The number of quaternary nitrogens is 1. The summed E-state index contributed by atoms with van der Waals surface area (Å²) in [6.45, 7) is 6.61. The molecule has 3 rings (SSSR count). The van der Waals surface area contributed by atoms with Gasteiger partial charge in [-0.25, -0.2) is 9.78 Å². The third kappa shape index (κ3) is 2.48. The fourth-order valence-electron chi connectivity index (χ4n) is 3.23. The summed E-state index contributed by atoms with van der Waals surface area (Å²) in [4.78, 5) is 33.0. The van der Waals surface area contributed by atoms with Gasteiger partial charge in [-0.15, -0.1) is 0 Å². The summed E-state index contributed by atoms with van der Waals surface area (Å²) in [5, 5.41) is 0. The van der Waals surface area contributed by atoms with E-state index in [1.807, 2.05) is 0 Å². The van der Waals surface area contributed by atoms with Crippen LogP contribution in [0.1, 0.15) is 19.7 Å². The van der Waals surface area contributed by atoms with Crippen molar-refractivity contribution in [3.8, 4) is 0 Å². The van der Waals surface area contributed by atoms with Crippen LogP contribution in [0.2, 0.25) is 0 Å². The molecular weight excluding hydrogens is 286 g/mol. The average molecular weight is 308 g/mol. The number of aryl methyl sites for hydroxylation is 1. The fraction of sp³-hybridized carbons (Fsp3) is 0.643. The molecule has 1 aliphatic rings. The van der Waals surface area contributed by atoms with Crippen molar-refractivity contribution in [1.82, 2.24) is 19.1 Å². The van der Waals surface area contributed by atoms with Crippen molar-refractivity contribution in [3.63, 3.8) is 0 Å². The van der Waals surface area contributed by atoms with Crippen molar-refractivity contribution >= 4 is 11.2 Å². The number of hydrogen-bond donors (Lipinski definition) is 2. The third-order valence-corrected chi connectivity index (χ3v) is 4.18. The highest BCUT2D eigenvalue weighted by Crippen LogP contribution is 2.04. The Labute approximate surface area is 127 Å². The molecule has 1 saturated heterocycles. The van der Waals surface area contributed by atoms with Gasteiger partial charge in [-0.05, 0) is 13.8 Å². The maximum Gasteiger partial charge on any atom is 0.332 e. The maximum atomic E-state index is 12.2. The first-order chi connectivity index (χ1) is 10.4. The lowest BCUT2D eigenvalue weighted by molar-refractivity contribution is -0.928. The van der Waals surface area contributed by atoms with Crippen molar-refractivity contribution in [2.45, 2.75) is 32.6 Å². The van der Waals surface area contributed by atoms with Gasteiger partial charge in [0.1, 0.15) is 37.4 Å². The van der Waals surface area contributed by atoms with E-state index in [4.69, 9.17) is 4.74 Å². The summed E-state index contributed by atoms with van der Waals surface area (Å²) >= 11 is 0. The quantitative estimate of drug-likeness (QED) is 0.682. The fourth-order valence-corrected chi connectivity index (χ4v) is 3.23. The van der Waals surface area contributed by atoms with Gasteiger partial charge in [-0.2, -0.15) is 0 Å². The smallest absolute Gasteiger partial charge is 0.332 e. The van der Waals surface area contributed by atoms with E-state index in [1.54, 1.807) is 7.05 Å². The lowest BCUT2D eigenvalue weighted by Crippen LogP contribution is -3.14. The molecule has 3 heterocycles. The van der Waals surface area contributed by atoms with Crippen LogP contribution in [-0.2, 0) is 25.4 Å². The standard InChI is InChI=1S/C14H21N5O3/c1-8-5-19(6-9(2)22-8)7-10-15-11-12(16-10)17(3)14(21)18(4)13(11)20/h8-9H,5-7H2,1-4H3,(H,15,16)/p+1/t8-,9-/m1/s1. The van der Waals surface area contributed by atoms with E-state index in [9.17, 15) is 9.59 Å². The minimum atomic E-state index is -0.364. The molecule has 22 heavy (non-hydrogen) atoms. The number of aromatic nitrogens is 4. The monoisotopic (exact) mass is 308 g/mol. The van der Waals surface area contributed by atoms with Crippen LogP contribution in [0.5, 0.6) is 0 Å². The SMILES string of the molecule is C[C@@H]1C[NH+](Cc2nc3c([nH]2)c(=O)n(C)c(=O)n3C)C[C@@H](C)O1. The molecular formula is C14H22N5O3+. The van der Waals surface area contributed by atoms with Gasteiger partial charge in [0.15, 0.2) is 11.5 Å². The summed E-state index contributed by atoms with van der Waals surface area (Å²) < 4.78 is 8.23. The van der Waals surface area contributed by atoms with Crippen LogP contribution in [0.4, 0.5) is 0 Å². The first kappa shape index (κ1) is 15.0. The normalized spacial score (nSPS) is 25.7. The lowest BCUT2D eigenvalue weighted by Gasteiger charge is -2.31. The predicted molar refractivity (Wildman–Crippen MR) is 81.0 cm³/mol. The Kier molecular flexibility index (Phi) is 3.65. The van der Waals surface area contributed by atoms with Gasteiger partial charge in [0.05, 0.1) is 0 Å². The molecule has 2 atom stereocenters. The number of nitrogens with one attached hydrogen (secondary N) is 2. The number of H-pyrrole nitrogens is 1. The van der Waals surface area contributed by atoms with Gasteiger partial charge in [-0.3, -0.25) is 13.9 Å². The number of hydrogen-bond acceptors (Lipinski definition) is 4. The molecule has 120 valence electrons. The van der Waals surface area contributed by atoms with Gasteiger partial charge >= 0.3 is 5.69 Å². The Morgan fingerprint density at radius 2 is 1.86 bits per heavy atom. The second kappa shape index (κ2) is 5.36. The zero-order valence-electron chi connectivity index (χ0n) is 13.3. The average Bonchev–Trinajstić information content (AvgIpc) is 2.85. The van der Waals surface area contributed by atoms with Crippen LogP contribution in [-0.4, -0.2) is 44.4 Å². The molecule has 0 radical (unpaired) electrons. The first-order valence-electron chi connectivity index (χ1n) is 7.50.